The molecule has 9 heteroatoms. The normalized spacial score (nSPS) is 12.5. The van der Waals surface area contributed by atoms with Crippen molar-refractivity contribution in [1.82, 2.24) is 4.98 Å². The molecule has 0 radical (unpaired) electrons. The molecule has 0 fully saturated rings. The molecule has 26 heavy (non-hydrogen) atoms. The van der Waals surface area contributed by atoms with Crippen molar-refractivity contribution in [1.29, 1.82) is 0 Å². The van der Waals surface area contributed by atoms with Crippen LogP contribution < -0.4 is 0 Å². The maximum absolute atomic E-state index is 12.1. The largest absolute Gasteiger partial charge is 0.463 e. The molecule has 0 saturated heterocycles. The molecule has 1 heterocycles. The van der Waals surface area contributed by atoms with E-state index >= 15 is 0 Å². The summed E-state index contributed by atoms with van der Waals surface area (Å²) < 4.78 is 19.4. The predicted octanol–water partition coefficient (Wildman–Crippen LogP) is 1.30. The average Bonchev–Trinajstić information content (AvgIpc) is 2.61. The van der Waals surface area contributed by atoms with Gasteiger partial charge in [-0.05, 0) is 39.8 Å². The van der Waals surface area contributed by atoms with Crippen molar-refractivity contribution in [2.24, 2.45) is 0 Å². The van der Waals surface area contributed by atoms with Crippen LogP contribution in [0.1, 0.15) is 48.5 Å². The monoisotopic (exact) mass is 367 g/mol. The Hall–Kier alpha value is -2.97. The van der Waals surface area contributed by atoms with E-state index in [1.54, 1.807) is 13.8 Å². The number of nitrogens with zero attached hydrogens (tertiary/aromatic N) is 1. The van der Waals surface area contributed by atoms with Crippen LogP contribution in [0.3, 0.4) is 0 Å². The van der Waals surface area contributed by atoms with Gasteiger partial charge in [0, 0.05) is 6.20 Å². The second-order valence-electron chi connectivity index (χ2n) is 5.03. The van der Waals surface area contributed by atoms with Crippen LogP contribution in [0.15, 0.2) is 18.3 Å². The minimum absolute atomic E-state index is 0.00751. The van der Waals surface area contributed by atoms with Gasteiger partial charge in [0.1, 0.15) is 5.69 Å². The maximum atomic E-state index is 12.1. The summed E-state index contributed by atoms with van der Waals surface area (Å²) >= 11 is 0. The summed E-state index contributed by atoms with van der Waals surface area (Å²) in [7, 11) is 0. The zero-order valence-electron chi connectivity index (χ0n) is 15.0. The predicted molar refractivity (Wildman–Crippen MR) is 87.3 cm³/mol. The quantitative estimate of drug-likeness (QED) is 0.495. The SMILES string of the molecule is CCOC(=O)C(C)OC(=O)c1ccnc(C(=O)OC(C)C(=O)OCC)c1. The van der Waals surface area contributed by atoms with Crippen LogP contribution in [-0.2, 0) is 28.5 Å². The second kappa shape index (κ2) is 10.1. The molecule has 0 amide bonds. The minimum atomic E-state index is -1.12. The second-order valence-corrected chi connectivity index (χ2v) is 5.03. The summed E-state index contributed by atoms with van der Waals surface area (Å²) in [6, 6.07) is 2.45. The van der Waals surface area contributed by atoms with Crippen molar-refractivity contribution in [2.75, 3.05) is 13.2 Å². The highest BCUT2D eigenvalue weighted by molar-refractivity contribution is 5.95. The summed E-state index contributed by atoms with van der Waals surface area (Å²) in [5.74, 6) is -3.11. The molecule has 0 aliphatic rings. The third-order valence-electron chi connectivity index (χ3n) is 3.01. The first-order valence-corrected chi connectivity index (χ1v) is 8.01. The number of rotatable bonds is 8. The molecule has 0 spiro atoms. The van der Waals surface area contributed by atoms with Crippen LogP contribution in [0.5, 0.6) is 0 Å². The third-order valence-corrected chi connectivity index (χ3v) is 3.01. The van der Waals surface area contributed by atoms with Gasteiger partial charge in [0.2, 0.25) is 0 Å². The Bertz CT molecular complexity index is 619. The number of hydrogen-bond donors (Lipinski definition) is 0. The molecule has 1 aromatic heterocycles. The van der Waals surface area contributed by atoms with Crippen LogP contribution in [-0.4, -0.2) is 54.3 Å². The Morgan fingerprint density at radius 1 is 0.923 bits per heavy atom. The molecule has 142 valence electrons. The summed E-state index contributed by atoms with van der Waals surface area (Å²) in [6.45, 7) is 6.29. The van der Waals surface area contributed by atoms with Crippen molar-refractivity contribution >= 4 is 23.9 Å². The van der Waals surface area contributed by atoms with Gasteiger partial charge in [-0.1, -0.05) is 0 Å². The smallest absolute Gasteiger partial charge is 0.357 e. The molecular formula is C17H21NO8. The average molecular weight is 367 g/mol. The van der Waals surface area contributed by atoms with Crippen molar-refractivity contribution in [3.05, 3.63) is 29.6 Å². The maximum Gasteiger partial charge on any atom is 0.357 e. The topological polar surface area (TPSA) is 118 Å². The fourth-order valence-corrected chi connectivity index (χ4v) is 1.73. The van der Waals surface area contributed by atoms with E-state index in [1.807, 2.05) is 0 Å². The molecule has 1 rings (SSSR count). The van der Waals surface area contributed by atoms with E-state index < -0.39 is 36.1 Å². The lowest BCUT2D eigenvalue weighted by atomic mass is 10.2. The number of hydrogen-bond acceptors (Lipinski definition) is 9. The first-order valence-electron chi connectivity index (χ1n) is 8.01. The van der Waals surface area contributed by atoms with Crippen LogP contribution in [0.25, 0.3) is 0 Å². The number of carbonyl (C=O) groups excluding carboxylic acids is 4. The first kappa shape index (κ1) is 21.1. The molecule has 2 unspecified atom stereocenters. The Balaban J connectivity index is 2.77. The van der Waals surface area contributed by atoms with E-state index in [0.29, 0.717) is 0 Å². The highest BCUT2D eigenvalue weighted by Crippen LogP contribution is 2.09. The number of carbonyl (C=O) groups is 4. The van der Waals surface area contributed by atoms with Gasteiger partial charge in [-0.2, -0.15) is 0 Å². The molecule has 0 aliphatic heterocycles. The molecule has 1 aromatic rings. The minimum Gasteiger partial charge on any atom is -0.463 e. The van der Waals surface area contributed by atoms with Gasteiger partial charge in [0.25, 0.3) is 0 Å². The fraction of sp³-hybridized carbons (Fsp3) is 0.471. The summed E-state index contributed by atoms with van der Waals surface area (Å²) in [5, 5.41) is 0. The molecule has 9 nitrogen and oxygen atoms in total. The number of ether oxygens (including phenoxy) is 4. The summed E-state index contributed by atoms with van der Waals surface area (Å²) in [6.07, 6.45) is -1.02. The van der Waals surface area contributed by atoms with E-state index in [0.717, 1.165) is 6.07 Å². The summed E-state index contributed by atoms with van der Waals surface area (Å²) in [5.41, 5.74) is -0.203. The highest BCUT2D eigenvalue weighted by atomic mass is 16.6. The van der Waals surface area contributed by atoms with Gasteiger partial charge in [-0.3, -0.25) is 0 Å². The van der Waals surface area contributed by atoms with E-state index in [2.05, 4.69) is 4.98 Å². The fourth-order valence-electron chi connectivity index (χ4n) is 1.73. The molecule has 0 saturated carbocycles. The third kappa shape index (κ3) is 6.15. The van der Waals surface area contributed by atoms with E-state index in [-0.39, 0.29) is 24.5 Å². The van der Waals surface area contributed by atoms with Gasteiger partial charge in [-0.15, -0.1) is 0 Å². The van der Waals surface area contributed by atoms with Crippen molar-refractivity contribution in [3.8, 4) is 0 Å². The van der Waals surface area contributed by atoms with Crippen molar-refractivity contribution in [2.45, 2.75) is 39.9 Å². The molecule has 0 aromatic carbocycles. The lowest BCUT2D eigenvalue weighted by molar-refractivity contribution is -0.153. The van der Waals surface area contributed by atoms with Gasteiger partial charge in [0.05, 0.1) is 18.8 Å². The van der Waals surface area contributed by atoms with Gasteiger partial charge in [0.15, 0.2) is 12.2 Å². The standard InChI is InChI=1S/C17H21NO8/c1-5-23-14(19)10(3)25-16(21)12-7-8-18-13(9-12)17(22)26-11(4)15(20)24-6-2/h7-11H,5-6H2,1-4H3. The number of pyridine rings is 1. The van der Waals surface area contributed by atoms with Gasteiger partial charge in [-0.25, -0.2) is 24.2 Å². The Morgan fingerprint density at radius 3 is 1.92 bits per heavy atom. The summed E-state index contributed by atoms with van der Waals surface area (Å²) in [4.78, 5) is 50.9. The molecule has 0 N–H and O–H groups in total. The Kier molecular flexibility index (Phi) is 8.20. The van der Waals surface area contributed by atoms with Crippen molar-refractivity contribution < 1.29 is 38.1 Å². The van der Waals surface area contributed by atoms with E-state index in [4.69, 9.17) is 18.9 Å². The number of aromatic nitrogens is 1. The van der Waals surface area contributed by atoms with Gasteiger partial charge < -0.3 is 18.9 Å². The lowest BCUT2D eigenvalue weighted by Crippen LogP contribution is -2.27. The molecule has 0 aliphatic carbocycles. The first-order chi connectivity index (χ1) is 12.3. The lowest BCUT2D eigenvalue weighted by Gasteiger charge is -2.13. The van der Waals surface area contributed by atoms with Crippen molar-refractivity contribution in [3.63, 3.8) is 0 Å². The Labute approximate surface area is 150 Å². The zero-order valence-corrected chi connectivity index (χ0v) is 15.0. The highest BCUT2D eigenvalue weighted by Gasteiger charge is 2.23. The molecule has 2 atom stereocenters. The van der Waals surface area contributed by atoms with Crippen LogP contribution >= 0.6 is 0 Å². The Morgan fingerprint density at radius 2 is 1.42 bits per heavy atom. The van der Waals surface area contributed by atoms with Crippen LogP contribution in [0.2, 0.25) is 0 Å². The van der Waals surface area contributed by atoms with Crippen LogP contribution in [0, 0.1) is 0 Å². The van der Waals surface area contributed by atoms with Crippen LogP contribution in [0.4, 0.5) is 0 Å². The zero-order chi connectivity index (χ0) is 19.7. The van der Waals surface area contributed by atoms with Gasteiger partial charge >= 0.3 is 23.9 Å². The number of esters is 4. The van der Waals surface area contributed by atoms with E-state index in [1.165, 1.54) is 26.1 Å². The molecule has 0 bridgehead atoms. The van der Waals surface area contributed by atoms with E-state index in [9.17, 15) is 19.2 Å². The molecular weight excluding hydrogens is 346 g/mol.